The summed E-state index contributed by atoms with van der Waals surface area (Å²) in [6, 6.07) is 21.6. The maximum atomic E-state index is 13.6. The van der Waals surface area contributed by atoms with Gasteiger partial charge in [-0.3, -0.25) is 9.10 Å². The van der Waals surface area contributed by atoms with E-state index in [0.717, 1.165) is 28.8 Å². The van der Waals surface area contributed by atoms with Gasteiger partial charge in [-0.05, 0) is 62.6 Å². The Hall–Kier alpha value is -3.12. The molecule has 31 heavy (non-hydrogen) atoms. The second-order valence-corrected chi connectivity index (χ2v) is 9.92. The lowest BCUT2D eigenvalue weighted by Gasteiger charge is -2.29. The van der Waals surface area contributed by atoms with Crippen LogP contribution < -0.4 is 9.21 Å². The maximum Gasteiger partial charge on any atom is 0.264 e. The first-order valence-corrected chi connectivity index (χ1v) is 11.8. The average Bonchev–Trinajstić information content (AvgIpc) is 3.08. The molecule has 160 valence electrons. The lowest BCUT2D eigenvalue weighted by atomic mass is 10.1. The highest BCUT2D eigenvalue weighted by Crippen LogP contribution is 2.33. The van der Waals surface area contributed by atoms with E-state index >= 15 is 0 Å². The minimum atomic E-state index is -3.92. The zero-order chi connectivity index (χ0) is 22.2. The summed E-state index contributed by atoms with van der Waals surface area (Å²) in [6.07, 6.45) is 0.761. The average molecular weight is 435 g/mol. The molecule has 0 aromatic heterocycles. The van der Waals surface area contributed by atoms with Gasteiger partial charge in [-0.15, -0.1) is 0 Å². The van der Waals surface area contributed by atoms with Crippen LogP contribution in [0, 0.1) is 13.8 Å². The van der Waals surface area contributed by atoms with Crippen LogP contribution in [0.5, 0.6) is 0 Å². The van der Waals surface area contributed by atoms with E-state index in [1.807, 2.05) is 57.2 Å². The number of para-hydroxylation sites is 1. The fourth-order valence-electron chi connectivity index (χ4n) is 4.25. The van der Waals surface area contributed by atoms with Crippen molar-refractivity contribution in [2.24, 2.45) is 0 Å². The van der Waals surface area contributed by atoms with E-state index in [0.29, 0.717) is 5.69 Å². The van der Waals surface area contributed by atoms with E-state index in [2.05, 4.69) is 0 Å². The lowest BCUT2D eigenvalue weighted by molar-refractivity contribution is -0.117. The van der Waals surface area contributed by atoms with Gasteiger partial charge in [-0.2, -0.15) is 0 Å². The number of carbonyl (C=O) groups is 1. The van der Waals surface area contributed by atoms with Crippen LogP contribution in [0.3, 0.4) is 0 Å². The molecular formula is C25H26N2O3S. The Kier molecular flexibility index (Phi) is 5.58. The molecule has 0 N–H and O–H groups in total. The van der Waals surface area contributed by atoms with Crippen molar-refractivity contribution in [1.29, 1.82) is 0 Å². The number of carbonyl (C=O) groups excluding carboxylic acids is 1. The molecule has 5 nitrogen and oxygen atoms in total. The number of hydrogen-bond acceptors (Lipinski definition) is 3. The Morgan fingerprint density at radius 1 is 1.00 bits per heavy atom. The minimum Gasteiger partial charge on any atom is -0.307 e. The summed E-state index contributed by atoms with van der Waals surface area (Å²) < 4.78 is 28.4. The Morgan fingerprint density at radius 2 is 1.68 bits per heavy atom. The van der Waals surface area contributed by atoms with E-state index in [9.17, 15) is 13.2 Å². The molecular weight excluding hydrogens is 408 g/mol. The van der Waals surface area contributed by atoms with E-state index in [-0.39, 0.29) is 23.4 Å². The highest BCUT2D eigenvalue weighted by atomic mass is 32.2. The van der Waals surface area contributed by atoms with Gasteiger partial charge in [-0.25, -0.2) is 8.42 Å². The first-order valence-electron chi connectivity index (χ1n) is 10.3. The van der Waals surface area contributed by atoms with Gasteiger partial charge >= 0.3 is 0 Å². The van der Waals surface area contributed by atoms with Crippen LogP contribution in [0.15, 0.2) is 77.7 Å². The molecule has 1 aliphatic rings. The smallest absolute Gasteiger partial charge is 0.264 e. The van der Waals surface area contributed by atoms with Crippen LogP contribution in [-0.2, 0) is 21.2 Å². The number of sulfonamides is 1. The van der Waals surface area contributed by atoms with Gasteiger partial charge in [0.2, 0.25) is 5.91 Å². The van der Waals surface area contributed by atoms with Gasteiger partial charge in [0.15, 0.2) is 0 Å². The number of benzene rings is 3. The van der Waals surface area contributed by atoms with Crippen molar-refractivity contribution in [1.82, 2.24) is 0 Å². The number of rotatable bonds is 5. The summed E-state index contributed by atoms with van der Waals surface area (Å²) in [5.74, 6) is -0.239. The van der Waals surface area contributed by atoms with E-state index < -0.39 is 10.0 Å². The third kappa shape index (κ3) is 3.95. The Bertz CT molecular complexity index is 1220. The van der Waals surface area contributed by atoms with Crippen LogP contribution in [0.25, 0.3) is 0 Å². The lowest BCUT2D eigenvalue weighted by Crippen LogP contribution is -2.45. The molecule has 0 unspecified atom stereocenters. The number of fused-ring (bicyclic) bond motifs is 1. The zero-order valence-electron chi connectivity index (χ0n) is 17.9. The normalized spacial score (nSPS) is 15.6. The molecule has 1 atom stereocenters. The molecule has 0 fully saturated rings. The minimum absolute atomic E-state index is 0.0229. The van der Waals surface area contributed by atoms with Crippen molar-refractivity contribution in [2.45, 2.75) is 38.1 Å². The van der Waals surface area contributed by atoms with Gasteiger partial charge in [0.25, 0.3) is 10.0 Å². The van der Waals surface area contributed by atoms with Crippen LogP contribution in [-0.4, -0.2) is 26.9 Å². The molecule has 6 heteroatoms. The van der Waals surface area contributed by atoms with Crippen molar-refractivity contribution < 1.29 is 13.2 Å². The Balaban J connectivity index is 1.76. The molecule has 1 amide bonds. The summed E-state index contributed by atoms with van der Waals surface area (Å²) in [6.45, 7) is 5.56. The molecule has 0 radical (unpaired) electrons. The summed E-state index contributed by atoms with van der Waals surface area (Å²) in [7, 11) is -3.92. The molecule has 4 rings (SSSR count). The largest absolute Gasteiger partial charge is 0.307 e. The summed E-state index contributed by atoms with van der Waals surface area (Å²) >= 11 is 0. The topological polar surface area (TPSA) is 57.7 Å². The molecule has 0 saturated carbocycles. The first kappa shape index (κ1) is 21.1. The van der Waals surface area contributed by atoms with Crippen LogP contribution in [0.1, 0.15) is 23.6 Å². The predicted molar refractivity (Wildman–Crippen MR) is 124 cm³/mol. The van der Waals surface area contributed by atoms with E-state index in [1.165, 1.54) is 4.31 Å². The van der Waals surface area contributed by atoms with Crippen molar-refractivity contribution in [2.75, 3.05) is 15.7 Å². The zero-order valence-corrected chi connectivity index (χ0v) is 18.8. The van der Waals surface area contributed by atoms with Gasteiger partial charge in [-0.1, -0.05) is 54.1 Å². The SMILES string of the molecule is Cc1ccc(N(CC(=O)N2c3ccccc3C[C@@H]2C)S(=O)(=O)c2ccccc2)c(C)c1. The third-order valence-corrected chi connectivity index (χ3v) is 7.48. The van der Waals surface area contributed by atoms with Crippen molar-refractivity contribution in [3.63, 3.8) is 0 Å². The maximum absolute atomic E-state index is 13.6. The summed E-state index contributed by atoms with van der Waals surface area (Å²) in [5.41, 5.74) is 4.32. The Morgan fingerprint density at radius 3 is 2.39 bits per heavy atom. The highest BCUT2D eigenvalue weighted by molar-refractivity contribution is 7.92. The quantitative estimate of drug-likeness (QED) is 0.595. The Labute approximate surface area is 184 Å². The molecule has 3 aromatic rings. The molecule has 1 heterocycles. The second kappa shape index (κ2) is 8.19. The van der Waals surface area contributed by atoms with E-state index in [1.54, 1.807) is 41.3 Å². The third-order valence-electron chi connectivity index (χ3n) is 5.71. The highest BCUT2D eigenvalue weighted by Gasteiger charge is 2.35. The second-order valence-electron chi connectivity index (χ2n) is 8.06. The summed E-state index contributed by atoms with van der Waals surface area (Å²) in [5, 5.41) is 0. The van der Waals surface area contributed by atoms with E-state index in [4.69, 9.17) is 0 Å². The summed E-state index contributed by atoms with van der Waals surface area (Å²) in [4.78, 5) is 15.4. The molecule has 0 spiro atoms. The van der Waals surface area contributed by atoms with Gasteiger partial charge in [0.05, 0.1) is 10.6 Å². The predicted octanol–water partition coefficient (Wildman–Crippen LogP) is 4.48. The van der Waals surface area contributed by atoms with Crippen LogP contribution in [0.4, 0.5) is 11.4 Å². The number of nitrogens with zero attached hydrogens (tertiary/aromatic N) is 2. The first-order chi connectivity index (χ1) is 14.8. The molecule has 1 aliphatic heterocycles. The van der Waals surface area contributed by atoms with Gasteiger partial charge in [0, 0.05) is 11.7 Å². The fraction of sp³-hybridized carbons (Fsp3) is 0.240. The number of hydrogen-bond donors (Lipinski definition) is 0. The van der Waals surface area contributed by atoms with Crippen molar-refractivity contribution >= 4 is 27.3 Å². The molecule has 0 saturated heterocycles. The monoisotopic (exact) mass is 434 g/mol. The van der Waals surface area contributed by atoms with Gasteiger partial charge in [0.1, 0.15) is 6.54 Å². The molecule has 0 aliphatic carbocycles. The van der Waals surface area contributed by atoms with Gasteiger partial charge < -0.3 is 4.90 Å². The molecule has 0 bridgehead atoms. The van der Waals surface area contributed by atoms with Crippen molar-refractivity contribution in [3.8, 4) is 0 Å². The van der Waals surface area contributed by atoms with Crippen LogP contribution >= 0.6 is 0 Å². The number of amides is 1. The fourth-order valence-corrected chi connectivity index (χ4v) is 5.75. The number of anilines is 2. The van der Waals surface area contributed by atoms with Crippen molar-refractivity contribution in [3.05, 3.63) is 89.5 Å². The molecule has 3 aromatic carbocycles. The number of aryl methyl sites for hydroxylation is 2. The van der Waals surface area contributed by atoms with Crippen LogP contribution in [0.2, 0.25) is 0 Å². The standard InChI is InChI=1S/C25H26N2O3S/c1-18-13-14-23(19(2)15-18)26(31(29,30)22-10-5-4-6-11-22)17-25(28)27-20(3)16-21-9-7-8-12-24(21)27/h4-15,20H,16-17H2,1-3H3/t20-/m0/s1.